The molecule has 2 amide bonds. The third-order valence-electron chi connectivity index (χ3n) is 5.60. The van der Waals surface area contributed by atoms with Crippen molar-refractivity contribution in [2.24, 2.45) is 5.73 Å². The van der Waals surface area contributed by atoms with Gasteiger partial charge >= 0.3 is 6.03 Å². The van der Waals surface area contributed by atoms with Crippen LogP contribution in [-0.4, -0.2) is 48.7 Å². The first-order chi connectivity index (χ1) is 16.2. The van der Waals surface area contributed by atoms with Gasteiger partial charge in [-0.15, -0.1) is 0 Å². The number of ether oxygens (including phenoxy) is 1. The van der Waals surface area contributed by atoms with E-state index in [1.807, 2.05) is 24.3 Å². The number of amides is 2. The predicted molar refractivity (Wildman–Crippen MR) is 123 cm³/mol. The fourth-order valence-electron chi connectivity index (χ4n) is 3.77. The number of halogens is 1. The number of hydrogen-bond donors (Lipinski definition) is 2. The number of fused-ring (bicyclic) bond motifs is 1. The van der Waals surface area contributed by atoms with Gasteiger partial charge in [0.15, 0.2) is 0 Å². The Morgan fingerprint density at radius 3 is 2.35 bits per heavy atom. The molecule has 8 nitrogen and oxygen atoms in total. The third-order valence-corrected chi connectivity index (χ3v) is 7.54. The van der Waals surface area contributed by atoms with Crippen LogP contribution in [0.4, 0.5) is 9.18 Å². The second-order valence-corrected chi connectivity index (χ2v) is 9.78. The van der Waals surface area contributed by atoms with Crippen molar-refractivity contribution in [3.8, 4) is 16.9 Å². The first kappa shape index (κ1) is 23.7. The van der Waals surface area contributed by atoms with Gasteiger partial charge in [0.05, 0.1) is 11.4 Å². The van der Waals surface area contributed by atoms with Crippen molar-refractivity contribution in [3.63, 3.8) is 0 Å². The normalized spacial score (nSPS) is 14.9. The number of nitrogens with zero attached hydrogens (tertiary/aromatic N) is 2. The highest BCUT2D eigenvalue weighted by atomic mass is 32.2. The van der Waals surface area contributed by atoms with Gasteiger partial charge in [-0.2, -0.15) is 4.31 Å². The summed E-state index contributed by atoms with van der Waals surface area (Å²) < 4.78 is 46.4. The maximum absolute atomic E-state index is 13.2. The van der Waals surface area contributed by atoms with E-state index in [0.29, 0.717) is 29.3 Å². The second-order valence-electron chi connectivity index (χ2n) is 7.87. The SMILES string of the molecule is NC(=O)N(O)CCOc1ccc2c(c1)CCN(Cc1ccc(-c3ccc(F)cc3)cc1)S2(=O)=O. The minimum absolute atomic E-state index is 0.00498. The smallest absolute Gasteiger partial charge is 0.338 e. The Morgan fingerprint density at radius 1 is 1.06 bits per heavy atom. The maximum atomic E-state index is 13.2. The molecular formula is C24H24FN3O5S. The molecule has 0 radical (unpaired) electrons. The molecule has 34 heavy (non-hydrogen) atoms. The summed E-state index contributed by atoms with van der Waals surface area (Å²) in [6.45, 7) is 0.456. The average Bonchev–Trinajstić information content (AvgIpc) is 2.82. The first-order valence-electron chi connectivity index (χ1n) is 10.6. The summed E-state index contributed by atoms with van der Waals surface area (Å²) in [4.78, 5) is 11.0. The minimum atomic E-state index is -3.68. The Morgan fingerprint density at radius 2 is 1.71 bits per heavy atom. The lowest BCUT2D eigenvalue weighted by Gasteiger charge is -2.28. The van der Waals surface area contributed by atoms with Crippen LogP contribution in [0.2, 0.25) is 0 Å². The fourth-order valence-corrected chi connectivity index (χ4v) is 5.43. The summed E-state index contributed by atoms with van der Waals surface area (Å²) in [6, 6.07) is 17.5. The molecule has 0 aromatic heterocycles. The lowest BCUT2D eigenvalue weighted by molar-refractivity contribution is -0.0464. The number of hydrogen-bond acceptors (Lipinski definition) is 5. The lowest BCUT2D eigenvalue weighted by atomic mass is 10.0. The second kappa shape index (κ2) is 9.80. The fraction of sp³-hybridized carbons (Fsp3) is 0.208. The molecule has 178 valence electrons. The van der Waals surface area contributed by atoms with E-state index in [4.69, 9.17) is 10.5 Å². The first-order valence-corrected chi connectivity index (χ1v) is 12.0. The van der Waals surface area contributed by atoms with Gasteiger partial charge in [-0.1, -0.05) is 36.4 Å². The van der Waals surface area contributed by atoms with Crippen molar-refractivity contribution in [2.75, 3.05) is 19.7 Å². The number of hydroxylamine groups is 2. The number of nitrogens with two attached hydrogens (primary N) is 1. The van der Waals surface area contributed by atoms with Crippen LogP contribution in [0.15, 0.2) is 71.6 Å². The number of carbonyl (C=O) groups is 1. The van der Waals surface area contributed by atoms with Crippen molar-refractivity contribution in [1.82, 2.24) is 9.37 Å². The third kappa shape index (κ3) is 5.19. The summed E-state index contributed by atoms with van der Waals surface area (Å²) in [6.07, 6.45) is 0.521. The Balaban J connectivity index is 1.43. The van der Waals surface area contributed by atoms with E-state index in [1.54, 1.807) is 24.3 Å². The number of sulfonamides is 1. The number of urea groups is 1. The van der Waals surface area contributed by atoms with Crippen molar-refractivity contribution in [3.05, 3.63) is 83.7 Å². The van der Waals surface area contributed by atoms with Crippen LogP contribution in [-0.2, 0) is 23.0 Å². The van der Waals surface area contributed by atoms with Gasteiger partial charge in [-0.25, -0.2) is 22.7 Å². The predicted octanol–water partition coefficient (Wildman–Crippen LogP) is 3.39. The van der Waals surface area contributed by atoms with Gasteiger partial charge in [0.2, 0.25) is 10.0 Å². The quantitative estimate of drug-likeness (QED) is 0.393. The number of benzene rings is 3. The lowest BCUT2D eigenvalue weighted by Crippen LogP contribution is -2.37. The molecule has 0 bridgehead atoms. The Labute approximate surface area is 197 Å². The van der Waals surface area contributed by atoms with E-state index in [-0.39, 0.29) is 30.4 Å². The molecule has 10 heteroatoms. The van der Waals surface area contributed by atoms with E-state index in [0.717, 1.165) is 16.7 Å². The highest BCUT2D eigenvalue weighted by molar-refractivity contribution is 7.89. The summed E-state index contributed by atoms with van der Waals surface area (Å²) in [5.41, 5.74) is 8.24. The van der Waals surface area contributed by atoms with Crippen molar-refractivity contribution >= 4 is 16.1 Å². The van der Waals surface area contributed by atoms with Gasteiger partial charge in [-0.3, -0.25) is 5.21 Å². The molecule has 3 N–H and O–H groups in total. The maximum Gasteiger partial charge on any atom is 0.338 e. The summed E-state index contributed by atoms with van der Waals surface area (Å²) >= 11 is 0. The Hall–Kier alpha value is -3.47. The molecule has 0 unspecified atom stereocenters. The summed E-state index contributed by atoms with van der Waals surface area (Å²) in [5.74, 6) is 0.145. The molecule has 0 atom stereocenters. The molecule has 0 saturated carbocycles. The average molecular weight is 486 g/mol. The van der Waals surface area contributed by atoms with Crippen molar-refractivity contribution in [2.45, 2.75) is 17.9 Å². The van der Waals surface area contributed by atoms with Crippen LogP contribution in [0.1, 0.15) is 11.1 Å². The van der Waals surface area contributed by atoms with Crippen LogP contribution < -0.4 is 10.5 Å². The molecule has 1 aliphatic rings. The monoisotopic (exact) mass is 485 g/mol. The number of carbonyl (C=O) groups excluding carboxylic acids is 1. The van der Waals surface area contributed by atoms with Gasteiger partial charge in [0, 0.05) is 13.1 Å². The molecule has 4 rings (SSSR count). The van der Waals surface area contributed by atoms with Crippen LogP contribution in [0.25, 0.3) is 11.1 Å². The zero-order valence-electron chi connectivity index (χ0n) is 18.2. The number of rotatable bonds is 7. The zero-order valence-corrected chi connectivity index (χ0v) is 19.0. The highest BCUT2D eigenvalue weighted by Crippen LogP contribution is 2.31. The van der Waals surface area contributed by atoms with Crippen molar-refractivity contribution in [1.29, 1.82) is 0 Å². The van der Waals surface area contributed by atoms with E-state index in [9.17, 15) is 22.8 Å². The van der Waals surface area contributed by atoms with E-state index >= 15 is 0 Å². The summed E-state index contributed by atoms with van der Waals surface area (Å²) in [7, 11) is -3.68. The van der Waals surface area contributed by atoms with Crippen LogP contribution in [0.5, 0.6) is 5.75 Å². The zero-order chi connectivity index (χ0) is 24.3. The molecule has 0 fully saturated rings. The van der Waals surface area contributed by atoms with Gasteiger partial charge in [-0.05, 0) is 59.0 Å². The van der Waals surface area contributed by atoms with E-state index in [2.05, 4.69) is 0 Å². The Bertz CT molecular complexity index is 1280. The van der Waals surface area contributed by atoms with Crippen LogP contribution in [0, 0.1) is 5.82 Å². The Kier molecular flexibility index (Phi) is 6.82. The molecule has 0 spiro atoms. The minimum Gasteiger partial charge on any atom is -0.492 e. The number of primary amides is 1. The van der Waals surface area contributed by atoms with Crippen LogP contribution in [0.3, 0.4) is 0 Å². The molecule has 0 saturated heterocycles. The van der Waals surface area contributed by atoms with E-state index < -0.39 is 16.1 Å². The van der Waals surface area contributed by atoms with Gasteiger partial charge in [0.25, 0.3) is 0 Å². The van der Waals surface area contributed by atoms with Gasteiger partial charge in [0.1, 0.15) is 18.2 Å². The topological polar surface area (TPSA) is 113 Å². The summed E-state index contributed by atoms with van der Waals surface area (Å²) in [5, 5.41) is 9.62. The van der Waals surface area contributed by atoms with Crippen molar-refractivity contribution < 1.29 is 27.5 Å². The molecule has 3 aromatic rings. The molecule has 0 aliphatic carbocycles. The molecule has 1 heterocycles. The standard InChI is InChI=1S/C24H24FN3O5S/c25-21-7-5-19(6-8-21)18-3-1-17(2-4-18)16-27-12-11-20-15-22(9-10-23(20)34(27,31)32)33-14-13-28(30)24(26)29/h1-10,15,30H,11-14,16H2,(H2,26,29). The molecule has 1 aliphatic heterocycles. The largest absolute Gasteiger partial charge is 0.492 e. The van der Waals surface area contributed by atoms with Crippen LogP contribution >= 0.6 is 0 Å². The van der Waals surface area contributed by atoms with Gasteiger partial charge < -0.3 is 10.5 Å². The molecule has 3 aromatic carbocycles. The van der Waals surface area contributed by atoms with E-state index in [1.165, 1.54) is 22.5 Å². The molecular weight excluding hydrogens is 461 g/mol. The highest BCUT2D eigenvalue weighted by Gasteiger charge is 2.31.